The summed E-state index contributed by atoms with van der Waals surface area (Å²) < 4.78 is 10.5. The Kier molecular flexibility index (Phi) is 5.07. The van der Waals surface area contributed by atoms with Gasteiger partial charge in [-0.3, -0.25) is 14.5 Å². The van der Waals surface area contributed by atoms with Gasteiger partial charge in [-0.2, -0.15) is 0 Å². The molecule has 0 radical (unpaired) electrons. The highest BCUT2D eigenvalue weighted by Crippen LogP contribution is 2.52. The summed E-state index contributed by atoms with van der Waals surface area (Å²) in [6.45, 7) is 1.66. The lowest BCUT2D eigenvalue weighted by atomic mass is 9.91. The summed E-state index contributed by atoms with van der Waals surface area (Å²) in [5.41, 5.74) is 1.81. The van der Waals surface area contributed by atoms with Crippen molar-refractivity contribution in [3.05, 3.63) is 65.2 Å². The molecule has 1 atom stereocenters. The highest BCUT2D eigenvalue weighted by molar-refractivity contribution is 5.98. The van der Waals surface area contributed by atoms with Gasteiger partial charge in [0.05, 0.1) is 24.6 Å². The molecule has 0 N–H and O–H groups in total. The van der Waals surface area contributed by atoms with Gasteiger partial charge in [0, 0.05) is 37.3 Å². The average molecular weight is 490 g/mol. The molecule has 4 aliphatic rings. The van der Waals surface area contributed by atoms with Gasteiger partial charge in [-0.05, 0) is 36.6 Å². The first-order chi connectivity index (χ1) is 17.4. The van der Waals surface area contributed by atoms with Crippen molar-refractivity contribution in [3.63, 3.8) is 0 Å². The van der Waals surface area contributed by atoms with Gasteiger partial charge >= 0.3 is 12.1 Å². The normalized spacial score (nSPS) is 24.1. The van der Waals surface area contributed by atoms with Gasteiger partial charge < -0.3 is 19.3 Å². The Morgan fingerprint density at radius 1 is 0.917 bits per heavy atom. The van der Waals surface area contributed by atoms with Crippen molar-refractivity contribution in [1.29, 1.82) is 0 Å². The van der Waals surface area contributed by atoms with Crippen molar-refractivity contribution >= 4 is 29.6 Å². The summed E-state index contributed by atoms with van der Waals surface area (Å²) in [6.07, 6.45) is 1.62. The zero-order valence-corrected chi connectivity index (χ0v) is 20.1. The van der Waals surface area contributed by atoms with E-state index >= 15 is 0 Å². The van der Waals surface area contributed by atoms with Gasteiger partial charge in [-0.25, -0.2) is 9.59 Å². The second-order valence-corrected chi connectivity index (χ2v) is 9.97. The Morgan fingerprint density at radius 2 is 1.67 bits per heavy atom. The van der Waals surface area contributed by atoms with Crippen LogP contribution in [-0.2, 0) is 30.1 Å². The summed E-state index contributed by atoms with van der Waals surface area (Å²) in [6, 6.07) is 15.0. The van der Waals surface area contributed by atoms with Gasteiger partial charge in [0.15, 0.2) is 5.60 Å². The molecule has 2 saturated heterocycles. The molecule has 3 amide bonds. The molecule has 1 saturated carbocycles. The maximum atomic E-state index is 13.7. The quantitative estimate of drug-likeness (QED) is 0.615. The molecule has 3 aliphatic heterocycles. The Bertz CT molecular complexity index is 1270. The minimum atomic E-state index is -0.754. The number of nitrogens with zero attached hydrogens (tertiary/aromatic N) is 3. The summed E-state index contributed by atoms with van der Waals surface area (Å²) in [5.74, 6) is -0.431. The Labute approximate surface area is 208 Å². The van der Waals surface area contributed by atoms with E-state index in [0.717, 1.165) is 29.7 Å². The van der Waals surface area contributed by atoms with Crippen LogP contribution >= 0.6 is 0 Å². The number of carbonyl (C=O) groups excluding carboxylic acids is 4. The van der Waals surface area contributed by atoms with Crippen LogP contribution in [0.25, 0.3) is 0 Å². The number of likely N-dealkylation sites (tertiary alicyclic amines) is 1. The third-order valence-corrected chi connectivity index (χ3v) is 7.99. The second-order valence-electron chi connectivity index (χ2n) is 9.97. The zero-order valence-electron chi connectivity index (χ0n) is 20.1. The van der Waals surface area contributed by atoms with E-state index in [9.17, 15) is 19.2 Å². The van der Waals surface area contributed by atoms with Gasteiger partial charge in [0.25, 0.3) is 0 Å². The molecule has 3 heterocycles. The smallest absolute Gasteiger partial charge is 0.410 e. The number of amides is 3. The standard InChI is InChI=1S/C27H27N3O6/c1-35-25(34)28-14-15-30(22(31)16-28)19-8-6-18(7-9-19)26(10-11-26)24(33)29-13-12-27(17-29)21-5-3-2-4-20(21)23(32)36-27/h2-9H,10-17H2,1H3. The van der Waals surface area contributed by atoms with Crippen molar-refractivity contribution in [2.24, 2.45) is 0 Å². The fourth-order valence-corrected chi connectivity index (χ4v) is 5.85. The number of hydrogen-bond donors (Lipinski definition) is 0. The summed E-state index contributed by atoms with van der Waals surface area (Å²) in [7, 11) is 1.30. The number of anilines is 1. The van der Waals surface area contributed by atoms with Crippen molar-refractivity contribution in [2.75, 3.05) is 44.7 Å². The Morgan fingerprint density at radius 3 is 2.36 bits per heavy atom. The number of benzene rings is 2. The predicted molar refractivity (Wildman–Crippen MR) is 128 cm³/mol. The number of fused-ring (bicyclic) bond motifs is 2. The molecule has 1 spiro atoms. The van der Waals surface area contributed by atoms with Crippen molar-refractivity contribution in [3.8, 4) is 0 Å². The molecule has 0 aromatic heterocycles. The number of carbonyl (C=O) groups is 4. The summed E-state index contributed by atoms with van der Waals surface area (Å²) in [5, 5.41) is 0. The highest BCUT2D eigenvalue weighted by Gasteiger charge is 2.57. The van der Waals surface area contributed by atoms with Crippen molar-refractivity contribution in [2.45, 2.75) is 30.3 Å². The van der Waals surface area contributed by atoms with Crippen molar-refractivity contribution in [1.82, 2.24) is 9.80 Å². The van der Waals surface area contributed by atoms with Crippen molar-refractivity contribution < 1.29 is 28.7 Å². The number of piperazine rings is 1. The molecular formula is C27H27N3O6. The van der Waals surface area contributed by atoms with E-state index in [4.69, 9.17) is 9.47 Å². The largest absolute Gasteiger partial charge is 0.453 e. The molecule has 36 heavy (non-hydrogen) atoms. The first kappa shape index (κ1) is 22.6. The minimum absolute atomic E-state index is 0.0265. The molecule has 2 aromatic rings. The van der Waals surface area contributed by atoms with Gasteiger partial charge in [-0.1, -0.05) is 30.3 Å². The summed E-state index contributed by atoms with van der Waals surface area (Å²) >= 11 is 0. The fourth-order valence-electron chi connectivity index (χ4n) is 5.85. The molecular weight excluding hydrogens is 462 g/mol. The zero-order chi connectivity index (χ0) is 25.1. The number of hydrogen-bond acceptors (Lipinski definition) is 6. The fraction of sp³-hybridized carbons (Fsp3) is 0.407. The number of methoxy groups -OCH3 is 1. The van der Waals surface area contributed by atoms with E-state index in [1.165, 1.54) is 12.0 Å². The lowest BCUT2D eigenvalue weighted by molar-refractivity contribution is -0.134. The van der Waals surface area contributed by atoms with E-state index in [1.54, 1.807) is 11.0 Å². The lowest BCUT2D eigenvalue weighted by Crippen LogP contribution is -2.52. The van der Waals surface area contributed by atoms with Crippen LogP contribution in [0.15, 0.2) is 48.5 Å². The number of rotatable bonds is 3. The van der Waals surface area contributed by atoms with Crippen LogP contribution in [0.3, 0.4) is 0 Å². The molecule has 1 aliphatic carbocycles. The first-order valence-corrected chi connectivity index (χ1v) is 12.2. The molecule has 6 rings (SSSR count). The van der Waals surface area contributed by atoms with Crippen LogP contribution < -0.4 is 4.90 Å². The topological polar surface area (TPSA) is 96.5 Å². The van der Waals surface area contributed by atoms with Crippen LogP contribution in [0, 0.1) is 0 Å². The van der Waals surface area contributed by atoms with Gasteiger partial charge in [-0.15, -0.1) is 0 Å². The molecule has 186 valence electrons. The lowest BCUT2D eigenvalue weighted by Gasteiger charge is -2.33. The Hall–Kier alpha value is -3.88. The maximum Gasteiger partial charge on any atom is 0.410 e. The monoisotopic (exact) mass is 489 g/mol. The van der Waals surface area contributed by atoms with Gasteiger partial charge in [0.2, 0.25) is 11.8 Å². The molecule has 2 aromatic carbocycles. The third-order valence-electron chi connectivity index (χ3n) is 7.99. The average Bonchev–Trinajstić information content (AvgIpc) is 3.54. The van der Waals surface area contributed by atoms with Gasteiger partial charge in [0.1, 0.15) is 6.54 Å². The first-order valence-electron chi connectivity index (χ1n) is 12.2. The van der Waals surface area contributed by atoms with Crippen LogP contribution in [-0.4, -0.2) is 73.5 Å². The highest BCUT2D eigenvalue weighted by atomic mass is 16.6. The molecule has 9 heteroatoms. The van der Waals surface area contributed by atoms with E-state index in [1.807, 2.05) is 47.4 Å². The SMILES string of the molecule is COC(=O)N1CCN(c2ccc(C3(C(=O)N4CCC5(C4)OC(=O)c4ccccc45)CC3)cc2)C(=O)C1. The van der Waals surface area contributed by atoms with E-state index in [0.29, 0.717) is 38.2 Å². The molecule has 0 bridgehead atoms. The third kappa shape index (κ3) is 3.37. The maximum absolute atomic E-state index is 13.7. The van der Waals surface area contributed by atoms with Crippen LogP contribution in [0.4, 0.5) is 10.5 Å². The van der Waals surface area contributed by atoms with E-state index < -0.39 is 17.1 Å². The number of ether oxygens (including phenoxy) is 2. The molecule has 1 unspecified atom stereocenters. The second kappa shape index (κ2) is 8.08. The number of esters is 1. The minimum Gasteiger partial charge on any atom is -0.453 e. The van der Waals surface area contributed by atoms with Crippen LogP contribution in [0.2, 0.25) is 0 Å². The predicted octanol–water partition coefficient (Wildman–Crippen LogP) is 2.43. The van der Waals surface area contributed by atoms with E-state index in [-0.39, 0.29) is 24.3 Å². The van der Waals surface area contributed by atoms with Crippen LogP contribution in [0.5, 0.6) is 0 Å². The molecule has 3 fully saturated rings. The van der Waals surface area contributed by atoms with E-state index in [2.05, 4.69) is 0 Å². The Balaban J connectivity index is 1.16. The summed E-state index contributed by atoms with van der Waals surface area (Å²) in [4.78, 5) is 55.3. The molecule has 9 nitrogen and oxygen atoms in total. The van der Waals surface area contributed by atoms with Crippen LogP contribution in [0.1, 0.15) is 40.7 Å².